The normalized spacial score (nSPS) is 38.4. The molecule has 3 aliphatic rings. The van der Waals surface area contributed by atoms with Crippen molar-refractivity contribution in [2.45, 2.75) is 64.1 Å². The topological polar surface area (TPSA) is 32.8 Å². The Morgan fingerprint density at radius 3 is 2.36 bits per heavy atom. The van der Waals surface area contributed by atoms with Gasteiger partial charge in [-0.1, -0.05) is 17.7 Å². The highest BCUT2D eigenvalue weighted by atomic mass is 16.6. The van der Waals surface area contributed by atoms with Crippen molar-refractivity contribution in [1.29, 1.82) is 0 Å². The number of hydrazine groups is 1. The van der Waals surface area contributed by atoms with Crippen LogP contribution in [0, 0.1) is 12.8 Å². The largest absolute Gasteiger partial charge is 0.439 e. The van der Waals surface area contributed by atoms with E-state index in [1.54, 1.807) is 0 Å². The highest BCUT2D eigenvalue weighted by Crippen LogP contribution is 2.63. The van der Waals surface area contributed by atoms with Crippen LogP contribution in [0.25, 0.3) is 0 Å². The monoisotopic (exact) mass is 300 g/mol. The SMILES string of the molecule is Cc1ccc(N2N3C(=O)O[C@@]4(C)CC[C@@H](C2(C)C)[C@@]34C)cc1. The van der Waals surface area contributed by atoms with Gasteiger partial charge in [-0.25, -0.2) is 9.80 Å². The smallest absolute Gasteiger partial charge is 0.430 e. The molecule has 1 amide bonds. The Morgan fingerprint density at radius 1 is 1.09 bits per heavy atom. The Morgan fingerprint density at radius 2 is 1.73 bits per heavy atom. The van der Waals surface area contributed by atoms with Gasteiger partial charge in [-0.2, -0.15) is 0 Å². The van der Waals surface area contributed by atoms with Crippen molar-refractivity contribution >= 4 is 11.8 Å². The van der Waals surface area contributed by atoms with E-state index < -0.39 is 0 Å². The minimum atomic E-state index is -0.383. The van der Waals surface area contributed by atoms with Gasteiger partial charge in [-0.15, -0.1) is 0 Å². The molecular formula is C18H24N2O2. The van der Waals surface area contributed by atoms with Gasteiger partial charge in [-0.3, -0.25) is 5.01 Å². The fraction of sp³-hybridized carbons (Fsp3) is 0.611. The van der Waals surface area contributed by atoms with Gasteiger partial charge in [-0.05, 0) is 59.6 Å². The van der Waals surface area contributed by atoms with E-state index in [1.165, 1.54) is 5.56 Å². The summed E-state index contributed by atoms with van der Waals surface area (Å²) in [6, 6.07) is 8.40. The quantitative estimate of drug-likeness (QED) is 0.789. The molecule has 4 rings (SSSR count). The van der Waals surface area contributed by atoms with Crippen molar-refractivity contribution in [3.63, 3.8) is 0 Å². The maximum absolute atomic E-state index is 12.7. The number of anilines is 1. The molecular weight excluding hydrogens is 276 g/mol. The molecule has 22 heavy (non-hydrogen) atoms. The third kappa shape index (κ3) is 1.32. The van der Waals surface area contributed by atoms with Crippen LogP contribution in [-0.4, -0.2) is 27.8 Å². The molecule has 0 unspecified atom stereocenters. The lowest BCUT2D eigenvalue weighted by atomic mass is 9.74. The van der Waals surface area contributed by atoms with Gasteiger partial charge in [0, 0.05) is 5.92 Å². The molecule has 0 bridgehead atoms. The summed E-state index contributed by atoms with van der Waals surface area (Å²) in [5.41, 5.74) is 1.53. The Balaban J connectivity index is 1.90. The van der Waals surface area contributed by atoms with E-state index in [9.17, 15) is 4.79 Å². The molecule has 4 nitrogen and oxygen atoms in total. The van der Waals surface area contributed by atoms with E-state index in [1.807, 2.05) is 5.01 Å². The van der Waals surface area contributed by atoms with Gasteiger partial charge in [0.1, 0.15) is 11.1 Å². The molecule has 2 saturated heterocycles. The van der Waals surface area contributed by atoms with Crippen LogP contribution in [0.2, 0.25) is 0 Å². The Hall–Kier alpha value is -1.71. The van der Waals surface area contributed by atoms with Gasteiger partial charge < -0.3 is 4.74 Å². The number of rotatable bonds is 1. The molecule has 1 saturated carbocycles. The van der Waals surface area contributed by atoms with Crippen molar-refractivity contribution in [2.24, 2.45) is 5.92 Å². The molecule has 0 aromatic heterocycles. The number of carbonyl (C=O) groups excluding carboxylic acids is 1. The number of hydrogen-bond acceptors (Lipinski definition) is 3. The number of amides is 1. The first-order chi connectivity index (χ1) is 10.2. The number of ether oxygens (including phenoxy) is 1. The number of benzene rings is 1. The minimum Gasteiger partial charge on any atom is -0.439 e. The first kappa shape index (κ1) is 13.9. The molecule has 3 atom stereocenters. The summed E-state index contributed by atoms with van der Waals surface area (Å²) in [4.78, 5) is 12.7. The second-order valence-electron chi connectivity index (χ2n) is 7.95. The van der Waals surface area contributed by atoms with Crippen LogP contribution in [0.3, 0.4) is 0 Å². The van der Waals surface area contributed by atoms with Gasteiger partial charge in [0.25, 0.3) is 0 Å². The lowest BCUT2D eigenvalue weighted by Crippen LogP contribution is -2.54. The van der Waals surface area contributed by atoms with Crippen LogP contribution in [0.4, 0.5) is 10.5 Å². The lowest BCUT2D eigenvalue weighted by Gasteiger charge is -2.39. The van der Waals surface area contributed by atoms with E-state index in [4.69, 9.17) is 4.74 Å². The zero-order chi connectivity index (χ0) is 15.9. The fourth-order valence-electron chi connectivity index (χ4n) is 5.14. The van der Waals surface area contributed by atoms with Gasteiger partial charge in [0.05, 0.1) is 11.2 Å². The van der Waals surface area contributed by atoms with Gasteiger partial charge in [0.15, 0.2) is 0 Å². The minimum absolute atomic E-state index is 0.110. The average molecular weight is 300 g/mol. The predicted octanol–water partition coefficient (Wildman–Crippen LogP) is 3.89. The maximum Gasteiger partial charge on any atom is 0.430 e. The molecule has 3 fully saturated rings. The fourth-order valence-corrected chi connectivity index (χ4v) is 5.14. The van der Waals surface area contributed by atoms with Crippen LogP contribution in [0.1, 0.15) is 46.1 Å². The van der Waals surface area contributed by atoms with Gasteiger partial charge >= 0.3 is 6.09 Å². The summed E-state index contributed by atoms with van der Waals surface area (Å²) >= 11 is 0. The first-order valence-corrected chi connectivity index (χ1v) is 8.12. The van der Waals surface area contributed by atoms with Gasteiger partial charge in [0.2, 0.25) is 0 Å². The summed E-state index contributed by atoms with van der Waals surface area (Å²) in [7, 11) is 0. The van der Waals surface area contributed by atoms with Crippen molar-refractivity contribution < 1.29 is 9.53 Å². The zero-order valence-corrected chi connectivity index (χ0v) is 14.0. The lowest BCUT2D eigenvalue weighted by molar-refractivity contribution is 0.0271. The predicted molar refractivity (Wildman–Crippen MR) is 85.6 cm³/mol. The first-order valence-electron chi connectivity index (χ1n) is 8.12. The van der Waals surface area contributed by atoms with Crippen LogP contribution >= 0.6 is 0 Å². The van der Waals surface area contributed by atoms with Crippen molar-refractivity contribution in [1.82, 2.24) is 5.01 Å². The molecule has 118 valence electrons. The molecule has 1 aliphatic carbocycles. The molecule has 0 radical (unpaired) electrons. The Kier molecular flexibility index (Phi) is 2.39. The van der Waals surface area contributed by atoms with Crippen LogP contribution in [0.15, 0.2) is 24.3 Å². The number of nitrogens with zero attached hydrogens (tertiary/aromatic N) is 2. The van der Waals surface area contributed by atoms with Crippen molar-refractivity contribution in [3.8, 4) is 0 Å². The summed E-state index contributed by atoms with van der Waals surface area (Å²) in [5, 5.41) is 4.07. The highest BCUT2D eigenvalue weighted by molar-refractivity contribution is 5.78. The standard InChI is InChI=1S/C18H24N2O2/c1-12-6-8-13(9-7-12)19-16(2,3)14-10-11-17(4)18(14,5)20(19)15(21)22-17/h6-9,14H,10-11H2,1-5H3/t14-,17-,18+/m0/s1. The number of aryl methyl sites for hydroxylation is 1. The summed E-state index contributed by atoms with van der Waals surface area (Å²) in [5.74, 6) is 0.401. The van der Waals surface area contributed by atoms with E-state index in [-0.39, 0.29) is 22.8 Å². The summed E-state index contributed by atoms with van der Waals surface area (Å²) in [6.07, 6.45) is 1.83. The van der Waals surface area contributed by atoms with Crippen LogP contribution in [0.5, 0.6) is 0 Å². The molecule has 0 N–H and O–H groups in total. The third-order valence-electron chi connectivity index (χ3n) is 6.46. The van der Waals surface area contributed by atoms with E-state index >= 15 is 0 Å². The Bertz CT molecular complexity index is 654. The second kappa shape index (κ2) is 3.79. The molecule has 1 aromatic rings. The zero-order valence-electron chi connectivity index (χ0n) is 14.0. The summed E-state index contributed by atoms with van der Waals surface area (Å²) < 4.78 is 5.82. The molecule has 0 spiro atoms. The highest BCUT2D eigenvalue weighted by Gasteiger charge is 2.76. The number of carbonyl (C=O) groups is 1. The second-order valence-corrected chi connectivity index (χ2v) is 7.95. The van der Waals surface area contributed by atoms with E-state index in [0.29, 0.717) is 5.92 Å². The van der Waals surface area contributed by atoms with Crippen molar-refractivity contribution in [3.05, 3.63) is 29.8 Å². The third-order valence-corrected chi connectivity index (χ3v) is 6.46. The molecule has 2 heterocycles. The molecule has 1 aromatic carbocycles. The average Bonchev–Trinajstić information content (AvgIpc) is 2.87. The maximum atomic E-state index is 12.7. The summed E-state index contributed by atoms with van der Waals surface area (Å²) in [6.45, 7) is 10.9. The van der Waals surface area contributed by atoms with Crippen LogP contribution in [-0.2, 0) is 4.74 Å². The number of hydrogen-bond donors (Lipinski definition) is 0. The Labute approximate surface area is 132 Å². The molecule has 4 heteroatoms. The van der Waals surface area contributed by atoms with E-state index in [0.717, 1.165) is 18.5 Å². The van der Waals surface area contributed by atoms with Crippen molar-refractivity contribution in [2.75, 3.05) is 5.01 Å². The van der Waals surface area contributed by atoms with Crippen LogP contribution < -0.4 is 5.01 Å². The molecule has 2 aliphatic heterocycles. The van der Waals surface area contributed by atoms with E-state index in [2.05, 4.69) is 63.9 Å².